The van der Waals surface area contributed by atoms with Gasteiger partial charge in [0.15, 0.2) is 0 Å². The van der Waals surface area contributed by atoms with Crippen LogP contribution in [-0.2, 0) is 9.53 Å². The van der Waals surface area contributed by atoms with Crippen molar-refractivity contribution < 1.29 is 9.53 Å². The van der Waals surface area contributed by atoms with Crippen molar-refractivity contribution in [1.82, 2.24) is 4.90 Å². The fourth-order valence-corrected chi connectivity index (χ4v) is 1.46. The smallest absolute Gasteiger partial charge is 0.248 e. The monoisotopic (exact) mass is 199 g/mol. The Balaban J connectivity index is 2.39. The van der Waals surface area contributed by atoms with Crippen LogP contribution < -0.4 is 0 Å². The molecule has 0 bridgehead atoms. The molecule has 0 radical (unpaired) electrons. The fourth-order valence-electron chi connectivity index (χ4n) is 1.46. The summed E-state index contributed by atoms with van der Waals surface area (Å²) in [4.78, 5) is 13.4. The first-order valence-corrected chi connectivity index (χ1v) is 5.28. The number of amides is 1. The van der Waals surface area contributed by atoms with E-state index in [9.17, 15) is 4.79 Å². The van der Waals surface area contributed by atoms with Gasteiger partial charge in [-0.15, -0.1) is 0 Å². The van der Waals surface area contributed by atoms with Crippen LogP contribution in [0.5, 0.6) is 0 Å². The number of rotatable bonds is 2. The van der Waals surface area contributed by atoms with Gasteiger partial charge in [-0.1, -0.05) is 20.8 Å². The molecule has 0 aromatic carbocycles. The van der Waals surface area contributed by atoms with Gasteiger partial charge in [0.05, 0.1) is 6.10 Å². The van der Waals surface area contributed by atoms with E-state index < -0.39 is 0 Å². The van der Waals surface area contributed by atoms with Crippen LogP contribution in [0.25, 0.3) is 0 Å². The lowest BCUT2D eigenvalue weighted by atomic mass is 9.92. The Labute approximate surface area is 86.4 Å². The van der Waals surface area contributed by atoms with E-state index in [0.717, 1.165) is 19.5 Å². The van der Waals surface area contributed by atoms with Crippen LogP contribution >= 0.6 is 0 Å². The molecular weight excluding hydrogens is 178 g/mol. The molecule has 1 saturated heterocycles. The number of nitrogens with zero attached hydrogens (tertiary/aromatic N) is 1. The number of ether oxygens (including phenoxy) is 1. The molecule has 82 valence electrons. The minimum absolute atomic E-state index is 0.132. The van der Waals surface area contributed by atoms with Crippen molar-refractivity contribution in [2.24, 2.45) is 5.41 Å². The molecule has 1 aliphatic heterocycles. The van der Waals surface area contributed by atoms with Gasteiger partial charge in [-0.3, -0.25) is 4.79 Å². The zero-order valence-electron chi connectivity index (χ0n) is 9.67. The average molecular weight is 199 g/mol. The predicted molar refractivity (Wildman–Crippen MR) is 56.1 cm³/mol. The summed E-state index contributed by atoms with van der Waals surface area (Å²) in [7, 11) is 0. The molecule has 0 spiro atoms. The van der Waals surface area contributed by atoms with Gasteiger partial charge in [0, 0.05) is 13.1 Å². The number of hydrogen-bond donors (Lipinski definition) is 0. The topological polar surface area (TPSA) is 29.5 Å². The largest absolute Gasteiger partial charge is 0.367 e. The van der Waals surface area contributed by atoms with E-state index in [4.69, 9.17) is 4.74 Å². The van der Waals surface area contributed by atoms with Gasteiger partial charge in [0.25, 0.3) is 0 Å². The summed E-state index contributed by atoms with van der Waals surface area (Å²) in [5, 5.41) is 0. The second-order valence-corrected chi connectivity index (χ2v) is 5.27. The van der Waals surface area contributed by atoms with E-state index in [1.54, 1.807) is 0 Å². The quantitative estimate of drug-likeness (QED) is 0.677. The molecule has 1 aliphatic rings. The van der Waals surface area contributed by atoms with Gasteiger partial charge in [-0.25, -0.2) is 0 Å². The van der Waals surface area contributed by atoms with Crippen molar-refractivity contribution >= 4 is 5.91 Å². The maximum Gasteiger partial charge on any atom is 0.248 e. The highest BCUT2D eigenvalue weighted by Gasteiger charge is 2.24. The van der Waals surface area contributed by atoms with E-state index in [0.29, 0.717) is 5.41 Å². The highest BCUT2D eigenvalue weighted by Crippen LogP contribution is 2.19. The summed E-state index contributed by atoms with van der Waals surface area (Å²) in [6, 6.07) is 0. The number of carbonyl (C=O) groups excluding carboxylic acids is 1. The zero-order chi connectivity index (χ0) is 10.8. The average Bonchev–Trinajstić information content (AvgIpc) is 2.05. The molecule has 0 aromatic heterocycles. The summed E-state index contributed by atoms with van der Waals surface area (Å²) in [5.74, 6) is 0.132. The maximum absolute atomic E-state index is 11.5. The third-order valence-electron chi connectivity index (χ3n) is 2.45. The van der Waals surface area contributed by atoms with Crippen LogP contribution in [0.4, 0.5) is 0 Å². The SMILES string of the molecule is C[C@@H]1CN(CCC(C)(C)C)C(=O)CO1. The molecule has 0 aliphatic carbocycles. The van der Waals surface area contributed by atoms with Gasteiger partial charge in [0.2, 0.25) is 5.91 Å². The standard InChI is InChI=1S/C11H21NO2/c1-9-7-12(10(13)8-14-9)6-5-11(2,3)4/h9H,5-8H2,1-4H3/t9-/m1/s1. The third kappa shape index (κ3) is 3.66. The first kappa shape index (κ1) is 11.5. The fraction of sp³-hybridized carbons (Fsp3) is 0.909. The number of morpholine rings is 1. The van der Waals surface area contributed by atoms with Gasteiger partial charge < -0.3 is 9.64 Å². The minimum Gasteiger partial charge on any atom is -0.367 e. The Morgan fingerprint density at radius 2 is 2.14 bits per heavy atom. The second kappa shape index (κ2) is 4.30. The molecule has 1 amide bonds. The third-order valence-corrected chi connectivity index (χ3v) is 2.45. The zero-order valence-corrected chi connectivity index (χ0v) is 9.67. The molecule has 1 fully saturated rings. The molecule has 1 atom stereocenters. The molecule has 14 heavy (non-hydrogen) atoms. The van der Waals surface area contributed by atoms with Gasteiger partial charge in [-0.2, -0.15) is 0 Å². The van der Waals surface area contributed by atoms with E-state index >= 15 is 0 Å². The van der Waals surface area contributed by atoms with Crippen LogP contribution in [-0.4, -0.2) is 36.6 Å². The summed E-state index contributed by atoms with van der Waals surface area (Å²) < 4.78 is 5.26. The van der Waals surface area contributed by atoms with Crippen molar-refractivity contribution in [2.45, 2.75) is 40.2 Å². The molecule has 0 saturated carbocycles. The molecule has 3 heteroatoms. The van der Waals surface area contributed by atoms with Crippen LogP contribution in [0.1, 0.15) is 34.1 Å². The molecule has 1 rings (SSSR count). The molecule has 0 N–H and O–H groups in total. The molecular formula is C11H21NO2. The number of carbonyl (C=O) groups is 1. The Kier molecular flexibility index (Phi) is 3.53. The first-order valence-electron chi connectivity index (χ1n) is 5.28. The Morgan fingerprint density at radius 1 is 1.50 bits per heavy atom. The van der Waals surface area contributed by atoms with Crippen LogP contribution in [0, 0.1) is 5.41 Å². The lowest BCUT2D eigenvalue weighted by Crippen LogP contribution is -2.46. The van der Waals surface area contributed by atoms with Crippen molar-refractivity contribution in [3.05, 3.63) is 0 Å². The first-order chi connectivity index (χ1) is 6.38. The highest BCUT2D eigenvalue weighted by molar-refractivity contribution is 5.78. The van der Waals surface area contributed by atoms with E-state index in [1.165, 1.54) is 0 Å². The van der Waals surface area contributed by atoms with Gasteiger partial charge in [0.1, 0.15) is 6.61 Å². The second-order valence-electron chi connectivity index (χ2n) is 5.27. The van der Waals surface area contributed by atoms with E-state index in [1.807, 2.05) is 11.8 Å². The van der Waals surface area contributed by atoms with Crippen molar-refractivity contribution in [3.8, 4) is 0 Å². The normalized spacial score (nSPS) is 24.1. The molecule has 3 nitrogen and oxygen atoms in total. The van der Waals surface area contributed by atoms with Crippen LogP contribution in [0.3, 0.4) is 0 Å². The van der Waals surface area contributed by atoms with Crippen LogP contribution in [0.2, 0.25) is 0 Å². The highest BCUT2D eigenvalue weighted by atomic mass is 16.5. The Bertz CT molecular complexity index is 208. The Morgan fingerprint density at radius 3 is 2.71 bits per heavy atom. The summed E-state index contributed by atoms with van der Waals surface area (Å²) in [6.07, 6.45) is 1.23. The minimum atomic E-state index is 0.132. The van der Waals surface area contributed by atoms with E-state index in [-0.39, 0.29) is 18.6 Å². The lowest BCUT2D eigenvalue weighted by molar-refractivity contribution is -0.148. The molecule has 1 heterocycles. The molecule has 0 aromatic rings. The van der Waals surface area contributed by atoms with Gasteiger partial charge in [-0.05, 0) is 18.8 Å². The van der Waals surface area contributed by atoms with Gasteiger partial charge >= 0.3 is 0 Å². The van der Waals surface area contributed by atoms with Crippen molar-refractivity contribution in [3.63, 3.8) is 0 Å². The predicted octanol–water partition coefficient (Wildman–Crippen LogP) is 1.67. The van der Waals surface area contributed by atoms with Crippen molar-refractivity contribution in [1.29, 1.82) is 0 Å². The maximum atomic E-state index is 11.5. The lowest BCUT2D eigenvalue weighted by Gasteiger charge is -2.33. The van der Waals surface area contributed by atoms with Crippen LogP contribution in [0.15, 0.2) is 0 Å². The van der Waals surface area contributed by atoms with Crippen molar-refractivity contribution in [2.75, 3.05) is 19.7 Å². The molecule has 0 unspecified atom stereocenters. The number of hydrogen-bond acceptors (Lipinski definition) is 2. The summed E-state index contributed by atoms with van der Waals surface area (Å²) in [6.45, 7) is 10.5. The Hall–Kier alpha value is -0.570. The van der Waals surface area contributed by atoms with E-state index in [2.05, 4.69) is 20.8 Å². The summed E-state index contributed by atoms with van der Waals surface area (Å²) >= 11 is 0. The summed E-state index contributed by atoms with van der Waals surface area (Å²) in [5.41, 5.74) is 0.293.